The number of hydrogen-bond acceptors (Lipinski definition) is 2. The first-order chi connectivity index (χ1) is 9.56. The van der Waals surface area contributed by atoms with Crippen LogP contribution in [0.5, 0.6) is 0 Å². The molecule has 0 aliphatic heterocycles. The van der Waals surface area contributed by atoms with Gasteiger partial charge in [0.1, 0.15) is 5.82 Å². The van der Waals surface area contributed by atoms with Gasteiger partial charge < -0.3 is 0 Å². The van der Waals surface area contributed by atoms with E-state index >= 15 is 0 Å². The Labute approximate surface area is 115 Å². The standard InChI is InChI=1S/C16H12F2N2/c1-9-3-5-13(16(18)15(9)17)11-4-6-14-12(7-11)8-19-10(2)20-14/h3-8H,1-2H3. The molecule has 3 rings (SSSR count). The topological polar surface area (TPSA) is 25.8 Å². The van der Waals surface area contributed by atoms with Gasteiger partial charge in [-0.1, -0.05) is 18.2 Å². The Morgan fingerprint density at radius 1 is 0.950 bits per heavy atom. The minimum atomic E-state index is -0.822. The number of rotatable bonds is 1. The molecule has 0 aliphatic rings. The van der Waals surface area contributed by atoms with Crippen molar-refractivity contribution in [3.05, 3.63) is 59.6 Å². The Morgan fingerprint density at radius 2 is 1.75 bits per heavy atom. The molecule has 0 fully saturated rings. The molecule has 4 heteroatoms. The van der Waals surface area contributed by atoms with Crippen molar-refractivity contribution < 1.29 is 8.78 Å². The van der Waals surface area contributed by atoms with E-state index in [0.29, 0.717) is 17.0 Å². The molecule has 1 aromatic heterocycles. The molecular formula is C16H12F2N2. The number of hydrogen-bond donors (Lipinski definition) is 0. The highest BCUT2D eigenvalue weighted by Crippen LogP contribution is 2.28. The van der Waals surface area contributed by atoms with Crippen LogP contribution in [0.1, 0.15) is 11.4 Å². The summed E-state index contributed by atoms with van der Waals surface area (Å²) in [6, 6.07) is 8.45. The lowest BCUT2D eigenvalue weighted by molar-refractivity contribution is 0.505. The molecule has 20 heavy (non-hydrogen) atoms. The van der Waals surface area contributed by atoms with Gasteiger partial charge in [-0.05, 0) is 37.1 Å². The van der Waals surface area contributed by atoms with Gasteiger partial charge in [-0.25, -0.2) is 18.7 Å². The second-order valence-corrected chi connectivity index (χ2v) is 4.75. The SMILES string of the molecule is Cc1ncc2cc(-c3ccc(C)c(F)c3F)ccc2n1. The first kappa shape index (κ1) is 12.7. The summed E-state index contributed by atoms with van der Waals surface area (Å²) < 4.78 is 27.7. The minimum absolute atomic E-state index is 0.246. The van der Waals surface area contributed by atoms with Crippen LogP contribution in [-0.2, 0) is 0 Å². The zero-order chi connectivity index (χ0) is 14.3. The van der Waals surface area contributed by atoms with Crippen LogP contribution in [0.15, 0.2) is 36.5 Å². The largest absolute Gasteiger partial charge is 0.241 e. The van der Waals surface area contributed by atoms with Crippen molar-refractivity contribution >= 4 is 10.9 Å². The van der Waals surface area contributed by atoms with E-state index < -0.39 is 11.6 Å². The van der Waals surface area contributed by atoms with E-state index in [4.69, 9.17) is 0 Å². The fourth-order valence-corrected chi connectivity index (χ4v) is 2.16. The quantitative estimate of drug-likeness (QED) is 0.662. The average Bonchev–Trinajstić information content (AvgIpc) is 2.44. The Balaban J connectivity index is 2.20. The lowest BCUT2D eigenvalue weighted by Crippen LogP contribution is -1.94. The summed E-state index contributed by atoms with van der Waals surface area (Å²) in [4.78, 5) is 8.40. The Kier molecular flexibility index (Phi) is 2.93. The van der Waals surface area contributed by atoms with Gasteiger partial charge in [0.15, 0.2) is 11.6 Å². The van der Waals surface area contributed by atoms with Crippen LogP contribution in [0.25, 0.3) is 22.0 Å². The third kappa shape index (κ3) is 2.03. The van der Waals surface area contributed by atoms with Crippen molar-refractivity contribution in [2.24, 2.45) is 0 Å². The highest BCUT2D eigenvalue weighted by atomic mass is 19.2. The van der Waals surface area contributed by atoms with Gasteiger partial charge in [0.05, 0.1) is 5.52 Å². The summed E-state index contributed by atoms with van der Waals surface area (Å²) in [5, 5.41) is 0.800. The summed E-state index contributed by atoms with van der Waals surface area (Å²) in [6.45, 7) is 3.35. The molecule has 0 bridgehead atoms. The molecule has 0 saturated heterocycles. The van der Waals surface area contributed by atoms with E-state index in [0.717, 1.165) is 10.9 Å². The first-order valence-electron chi connectivity index (χ1n) is 6.24. The van der Waals surface area contributed by atoms with Crippen LogP contribution in [0, 0.1) is 25.5 Å². The van der Waals surface area contributed by atoms with Crippen LogP contribution in [0.3, 0.4) is 0 Å². The predicted molar refractivity (Wildman–Crippen MR) is 74.4 cm³/mol. The molecule has 2 aromatic carbocycles. The monoisotopic (exact) mass is 270 g/mol. The first-order valence-corrected chi connectivity index (χ1v) is 6.24. The number of benzene rings is 2. The number of fused-ring (bicyclic) bond motifs is 1. The van der Waals surface area contributed by atoms with Gasteiger partial charge in [0, 0.05) is 17.1 Å². The molecule has 2 nitrogen and oxygen atoms in total. The maximum Gasteiger partial charge on any atom is 0.166 e. The normalized spacial score (nSPS) is 11.0. The van der Waals surface area contributed by atoms with E-state index in [1.807, 2.05) is 6.92 Å². The molecule has 0 N–H and O–H groups in total. The van der Waals surface area contributed by atoms with E-state index in [2.05, 4.69) is 9.97 Å². The molecule has 1 heterocycles. The lowest BCUT2D eigenvalue weighted by atomic mass is 10.0. The van der Waals surface area contributed by atoms with Crippen molar-refractivity contribution in [1.82, 2.24) is 9.97 Å². The van der Waals surface area contributed by atoms with Crippen LogP contribution >= 0.6 is 0 Å². The van der Waals surface area contributed by atoms with Gasteiger partial charge in [-0.2, -0.15) is 0 Å². The number of aromatic nitrogens is 2. The van der Waals surface area contributed by atoms with Crippen molar-refractivity contribution in [2.45, 2.75) is 13.8 Å². The predicted octanol–water partition coefficient (Wildman–Crippen LogP) is 4.19. The molecule has 0 atom stereocenters. The highest BCUT2D eigenvalue weighted by Gasteiger charge is 2.13. The Hall–Kier alpha value is -2.36. The maximum atomic E-state index is 14.0. The smallest absolute Gasteiger partial charge is 0.166 e. The van der Waals surface area contributed by atoms with Crippen LogP contribution < -0.4 is 0 Å². The van der Waals surface area contributed by atoms with Crippen LogP contribution in [0.2, 0.25) is 0 Å². The summed E-state index contributed by atoms with van der Waals surface area (Å²) in [7, 11) is 0. The van der Waals surface area contributed by atoms with Crippen molar-refractivity contribution in [3.63, 3.8) is 0 Å². The van der Waals surface area contributed by atoms with Gasteiger partial charge in [0.25, 0.3) is 0 Å². The van der Waals surface area contributed by atoms with Gasteiger partial charge in [-0.15, -0.1) is 0 Å². The molecule has 0 unspecified atom stereocenters. The number of aryl methyl sites for hydroxylation is 2. The second-order valence-electron chi connectivity index (χ2n) is 4.75. The molecule has 0 spiro atoms. The zero-order valence-electron chi connectivity index (χ0n) is 11.1. The fraction of sp³-hybridized carbons (Fsp3) is 0.125. The summed E-state index contributed by atoms with van der Waals surface area (Å²) in [5.74, 6) is -0.946. The third-order valence-corrected chi connectivity index (χ3v) is 3.29. The highest BCUT2D eigenvalue weighted by molar-refractivity contribution is 5.84. The molecule has 0 amide bonds. The Morgan fingerprint density at radius 3 is 2.55 bits per heavy atom. The fourth-order valence-electron chi connectivity index (χ4n) is 2.16. The van der Waals surface area contributed by atoms with E-state index in [1.54, 1.807) is 43.5 Å². The van der Waals surface area contributed by atoms with E-state index in [-0.39, 0.29) is 5.56 Å². The van der Waals surface area contributed by atoms with Crippen molar-refractivity contribution in [2.75, 3.05) is 0 Å². The number of halogens is 2. The van der Waals surface area contributed by atoms with Gasteiger partial charge >= 0.3 is 0 Å². The van der Waals surface area contributed by atoms with Crippen LogP contribution in [0.4, 0.5) is 8.78 Å². The molecular weight excluding hydrogens is 258 g/mol. The molecule has 0 aliphatic carbocycles. The van der Waals surface area contributed by atoms with Crippen molar-refractivity contribution in [3.8, 4) is 11.1 Å². The lowest BCUT2D eigenvalue weighted by Gasteiger charge is -2.07. The summed E-state index contributed by atoms with van der Waals surface area (Å²) in [6.07, 6.45) is 1.68. The minimum Gasteiger partial charge on any atom is -0.241 e. The van der Waals surface area contributed by atoms with Crippen LogP contribution in [-0.4, -0.2) is 9.97 Å². The van der Waals surface area contributed by atoms with Crippen molar-refractivity contribution in [1.29, 1.82) is 0 Å². The molecule has 0 saturated carbocycles. The average molecular weight is 270 g/mol. The molecule has 100 valence electrons. The van der Waals surface area contributed by atoms with Gasteiger partial charge in [-0.3, -0.25) is 0 Å². The number of nitrogens with zero attached hydrogens (tertiary/aromatic N) is 2. The summed E-state index contributed by atoms with van der Waals surface area (Å²) in [5.41, 5.74) is 1.94. The third-order valence-electron chi connectivity index (χ3n) is 3.29. The Bertz CT molecular complexity index is 813. The zero-order valence-corrected chi connectivity index (χ0v) is 11.1. The summed E-state index contributed by atoms with van der Waals surface area (Å²) >= 11 is 0. The second kappa shape index (κ2) is 4.63. The van der Waals surface area contributed by atoms with Gasteiger partial charge in [0.2, 0.25) is 0 Å². The van der Waals surface area contributed by atoms with E-state index in [9.17, 15) is 8.78 Å². The molecule has 3 aromatic rings. The van der Waals surface area contributed by atoms with E-state index in [1.165, 1.54) is 0 Å². The maximum absolute atomic E-state index is 14.0. The molecule has 0 radical (unpaired) electrons.